The molecule has 0 N–H and O–H groups in total. The van der Waals surface area contributed by atoms with Crippen LogP contribution in [0.25, 0.3) is 21.7 Å². The van der Waals surface area contributed by atoms with Crippen molar-refractivity contribution in [1.82, 2.24) is 14.4 Å². The third-order valence-corrected chi connectivity index (χ3v) is 3.58. The first-order valence-electron chi connectivity index (χ1n) is 6.03. The molecule has 0 fully saturated rings. The van der Waals surface area contributed by atoms with Crippen molar-refractivity contribution in [2.24, 2.45) is 0 Å². The highest BCUT2D eigenvalue weighted by Gasteiger charge is 2.29. The monoisotopic (exact) mass is 320 g/mol. The Balaban J connectivity index is 2.04. The Kier molecular flexibility index (Phi) is 3.50. The number of imidazole rings is 1. The molecule has 4 nitrogen and oxygen atoms in total. The molecule has 0 unspecified atom stereocenters. The first-order chi connectivity index (χ1) is 10.5. The maximum atomic E-state index is 12.3. The predicted octanol–water partition coefficient (Wildman–Crippen LogP) is 4.56. The number of hydrogen-bond donors (Lipinski definition) is 0. The lowest BCUT2D eigenvalue weighted by Crippen LogP contribution is -1.98. The molecule has 0 aliphatic carbocycles. The molecule has 1 aromatic carbocycles. The van der Waals surface area contributed by atoms with Gasteiger partial charge >= 0.3 is 5.51 Å². The number of aromatic nitrogens is 3. The largest absolute Gasteiger partial charge is 0.446 e. The fourth-order valence-corrected chi connectivity index (χ4v) is 2.52. The van der Waals surface area contributed by atoms with Crippen molar-refractivity contribution in [2.45, 2.75) is 10.4 Å². The fraction of sp³-hybridized carbons (Fsp3) is 0.0714. The second kappa shape index (κ2) is 5.35. The minimum absolute atomic E-state index is 0.0944. The van der Waals surface area contributed by atoms with Gasteiger partial charge in [-0.1, -0.05) is 6.57 Å². The van der Waals surface area contributed by atoms with E-state index in [2.05, 4.69) is 14.8 Å². The van der Waals surface area contributed by atoms with Crippen LogP contribution in [0.15, 0.2) is 47.8 Å². The summed E-state index contributed by atoms with van der Waals surface area (Å²) in [7, 11) is 0. The Bertz CT molecular complexity index is 862. The van der Waals surface area contributed by atoms with Crippen LogP contribution in [-0.2, 0) is 0 Å². The van der Waals surface area contributed by atoms with Gasteiger partial charge in [0.2, 0.25) is 5.69 Å². The minimum Gasteiger partial charge on any atom is -0.359 e. The van der Waals surface area contributed by atoms with Crippen LogP contribution in [0.5, 0.6) is 0 Å². The van der Waals surface area contributed by atoms with Gasteiger partial charge in [-0.15, -0.1) is 4.98 Å². The first kappa shape index (κ1) is 14.4. The van der Waals surface area contributed by atoms with Gasteiger partial charge < -0.3 is 9.25 Å². The fourth-order valence-electron chi connectivity index (χ4n) is 1.98. The number of alkyl halides is 3. The van der Waals surface area contributed by atoms with Crippen LogP contribution in [0, 0.1) is 6.57 Å². The summed E-state index contributed by atoms with van der Waals surface area (Å²) in [6.45, 7) is 7.06. The van der Waals surface area contributed by atoms with Crippen LogP contribution >= 0.6 is 11.8 Å². The highest BCUT2D eigenvalue weighted by Crippen LogP contribution is 2.37. The Hall–Kier alpha value is -2.53. The minimum atomic E-state index is -4.32. The molecule has 3 aromatic rings. The molecule has 3 rings (SSSR count). The third-order valence-electron chi connectivity index (χ3n) is 2.84. The molecule has 2 heterocycles. The summed E-state index contributed by atoms with van der Waals surface area (Å²) in [4.78, 5) is 11.7. The van der Waals surface area contributed by atoms with Crippen LogP contribution < -0.4 is 0 Å². The lowest BCUT2D eigenvalue weighted by molar-refractivity contribution is -0.0328. The van der Waals surface area contributed by atoms with Crippen LogP contribution in [0.2, 0.25) is 0 Å². The zero-order valence-electron chi connectivity index (χ0n) is 10.9. The van der Waals surface area contributed by atoms with Crippen molar-refractivity contribution in [2.75, 3.05) is 0 Å². The highest BCUT2D eigenvalue weighted by molar-refractivity contribution is 8.00. The molecule has 2 aromatic heterocycles. The van der Waals surface area contributed by atoms with Gasteiger partial charge in [0.1, 0.15) is 0 Å². The SMILES string of the molecule is [C-]#[N+]c1cn2ccnc2c(-c2ccc(SC(F)(F)F)cc2)n1. The second-order valence-corrected chi connectivity index (χ2v) is 5.43. The molecule has 22 heavy (non-hydrogen) atoms. The van der Waals surface area contributed by atoms with E-state index in [9.17, 15) is 13.2 Å². The number of hydrogen-bond acceptors (Lipinski definition) is 3. The molecular formula is C14H7F3N4S. The number of fused-ring (bicyclic) bond motifs is 1. The topological polar surface area (TPSA) is 34.5 Å². The van der Waals surface area contributed by atoms with Gasteiger partial charge in [0.25, 0.3) is 5.82 Å². The molecule has 0 spiro atoms. The van der Waals surface area contributed by atoms with Gasteiger partial charge in [-0.25, -0.2) is 4.98 Å². The van der Waals surface area contributed by atoms with Gasteiger partial charge in [-0.3, -0.25) is 0 Å². The average Bonchev–Trinajstić information content (AvgIpc) is 2.93. The normalized spacial score (nSPS) is 11.5. The van der Waals surface area contributed by atoms with Crippen molar-refractivity contribution in [1.29, 1.82) is 0 Å². The Morgan fingerprint density at radius 2 is 1.91 bits per heavy atom. The first-order valence-corrected chi connectivity index (χ1v) is 6.85. The molecule has 0 saturated heterocycles. The lowest BCUT2D eigenvalue weighted by atomic mass is 10.1. The van der Waals surface area contributed by atoms with E-state index < -0.39 is 5.51 Å². The van der Waals surface area contributed by atoms with Crippen molar-refractivity contribution in [3.05, 3.63) is 54.3 Å². The van der Waals surface area contributed by atoms with Crippen molar-refractivity contribution >= 4 is 23.2 Å². The maximum Gasteiger partial charge on any atom is 0.446 e. The number of nitrogens with zero attached hydrogens (tertiary/aromatic N) is 4. The second-order valence-electron chi connectivity index (χ2n) is 4.29. The highest BCUT2D eigenvalue weighted by atomic mass is 32.2. The van der Waals surface area contributed by atoms with E-state index in [0.717, 1.165) is 0 Å². The van der Waals surface area contributed by atoms with Crippen LogP contribution in [0.3, 0.4) is 0 Å². The van der Waals surface area contributed by atoms with Crippen molar-refractivity contribution in [3.8, 4) is 11.3 Å². The Morgan fingerprint density at radius 1 is 1.18 bits per heavy atom. The van der Waals surface area contributed by atoms with E-state index in [1.807, 2.05) is 0 Å². The van der Waals surface area contributed by atoms with E-state index in [1.54, 1.807) is 35.1 Å². The van der Waals surface area contributed by atoms with Gasteiger partial charge in [-0.2, -0.15) is 13.2 Å². The molecule has 8 heteroatoms. The molecular weight excluding hydrogens is 313 g/mol. The maximum absolute atomic E-state index is 12.3. The summed E-state index contributed by atoms with van der Waals surface area (Å²) in [6.07, 6.45) is 4.80. The Labute approximate surface area is 127 Å². The molecule has 0 radical (unpaired) electrons. The van der Waals surface area contributed by atoms with Crippen LogP contribution in [0.1, 0.15) is 0 Å². The van der Waals surface area contributed by atoms with Gasteiger partial charge in [0.05, 0.1) is 0 Å². The van der Waals surface area contributed by atoms with E-state index in [-0.39, 0.29) is 22.5 Å². The number of benzene rings is 1. The quantitative estimate of drug-likeness (QED) is 0.513. The summed E-state index contributed by atoms with van der Waals surface area (Å²) < 4.78 is 38.7. The number of rotatable bonds is 2. The van der Waals surface area contributed by atoms with E-state index in [4.69, 9.17) is 6.57 Å². The van der Waals surface area contributed by atoms with Crippen molar-refractivity contribution < 1.29 is 13.2 Å². The summed E-state index contributed by atoms with van der Waals surface area (Å²) in [5.41, 5.74) is -2.71. The summed E-state index contributed by atoms with van der Waals surface area (Å²) in [6, 6.07) is 5.83. The molecule has 0 atom stereocenters. The molecule has 0 aliphatic rings. The summed E-state index contributed by atoms with van der Waals surface area (Å²) >= 11 is -0.172. The lowest BCUT2D eigenvalue weighted by Gasteiger charge is -2.06. The third kappa shape index (κ3) is 2.89. The van der Waals surface area contributed by atoms with Gasteiger partial charge in [0, 0.05) is 29.0 Å². The van der Waals surface area contributed by atoms with Gasteiger partial charge in [-0.05, 0) is 36.0 Å². The molecule has 0 saturated carbocycles. The van der Waals surface area contributed by atoms with E-state index in [0.29, 0.717) is 16.9 Å². The van der Waals surface area contributed by atoms with Crippen molar-refractivity contribution in [3.63, 3.8) is 0 Å². The Morgan fingerprint density at radius 3 is 2.55 bits per heavy atom. The number of halogens is 3. The standard InChI is InChI=1S/C14H7F3N4S/c1-18-11-8-21-7-6-19-13(21)12(20-11)9-2-4-10(5-3-9)22-14(15,16)17/h2-8H. The smallest absolute Gasteiger partial charge is 0.359 e. The molecule has 0 aliphatic heterocycles. The molecule has 0 amide bonds. The zero-order chi connectivity index (χ0) is 15.7. The average molecular weight is 320 g/mol. The van der Waals surface area contributed by atoms with Crippen LogP contribution in [-0.4, -0.2) is 19.9 Å². The zero-order valence-corrected chi connectivity index (χ0v) is 11.7. The summed E-state index contributed by atoms with van der Waals surface area (Å²) in [5, 5.41) is 0. The predicted molar refractivity (Wildman–Crippen MR) is 76.6 cm³/mol. The van der Waals surface area contributed by atoms with Gasteiger partial charge in [0.15, 0.2) is 5.65 Å². The molecule has 110 valence electrons. The van der Waals surface area contributed by atoms with Crippen LogP contribution in [0.4, 0.5) is 19.0 Å². The van der Waals surface area contributed by atoms with E-state index in [1.165, 1.54) is 12.1 Å². The summed E-state index contributed by atoms with van der Waals surface area (Å²) in [5.74, 6) is 0.189. The van der Waals surface area contributed by atoms with E-state index >= 15 is 0 Å². The molecule has 0 bridgehead atoms. The number of thioether (sulfide) groups is 1.